The minimum absolute atomic E-state index is 0.443. The first-order valence-corrected chi connectivity index (χ1v) is 7.23. The molecule has 0 aromatic rings. The van der Waals surface area contributed by atoms with Crippen molar-refractivity contribution in [2.75, 3.05) is 5.75 Å². The molecule has 1 heterocycles. The van der Waals surface area contributed by atoms with Gasteiger partial charge in [0.05, 0.1) is 6.04 Å². The average Bonchev–Trinajstić information content (AvgIpc) is 2.76. The van der Waals surface area contributed by atoms with Gasteiger partial charge in [-0.15, -0.1) is 0 Å². The van der Waals surface area contributed by atoms with Crippen molar-refractivity contribution in [3.8, 4) is 0 Å². The van der Waals surface area contributed by atoms with E-state index in [0.717, 1.165) is 5.92 Å². The van der Waals surface area contributed by atoms with Gasteiger partial charge >= 0.3 is 0 Å². The van der Waals surface area contributed by atoms with Crippen molar-refractivity contribution in [2.24, 2.45) is 10.9 Å². The van der Waals surface area contributed by atoms with Gasteiger partial charge in [0.1, 0.15) is 0 Å². The Morgan fingerprint density at radius 3 is 2.73 bits per heavy atom. The molecule has 0 amide bonds. The van der Waals surface area contributed by atoms with E-state index in [1.807, 2.05) is 11.8 Å². The third-order valence-electron chi connectivity index (χ3n) is 4.07. The number of thioether (sulfide) groups is 1. The Balaban J connectivity index is 1.61. The average molecular weight is 224 g/mol. The summed E-state index contributed by atoms with van der Waals surface area (Å²) in [4.78, 5) is 4.82. The number of amidine groups is 1. The normalized spacial score (nSPS) is 40.7. The van der Waals surface area contributed by atoms with Crippen molar-refractivity contribution in [3.63, 3.8) is 0 Å². The van der Waals surface area contributed by atoms with E-state index in [0.29, 0.717) is 11.6 Å². The van der Waals surface area contributed by atoms with Crippen molar-refractivity contribution in [2.45, 2.75) is 57.0 Å². The molecule has 0 bridgehead atoms. The van der Waals surface area contributed by atoms with Crippen LogP contribution < -0.4 is 5.32 Å². The van der Waals surface area contributed by atoms with E-state index >= 15 is 0 Å². The van der Waals surface area contributed by atoms with Gasteiger partial charge in [-0.3, -0.25) is 4.99 Å². The smallest absolute Gasteiger partial charge is 0.157 e. The summed E-state index contributed by atoms with van der Waals surface area (Å²) in [6.45, 7) is 2.32. The SMILES string of the molecule is CC1CC(N=C2NC3(CCCC3)CS2)C1. The summed E-state index contributed by atoms with van der Waals surface area (Å²) < 4.78 is 0. The monoisotopic (exact) mass is 224 g/mol. The molecule has 2 aliphatic carbocycles. The Morgan fingerprint density at radius 2 is 2.07 bits per heavy atom. The maximum Gasteiger partial charge on any atom is 0.157 e. The fourth-order valence-corrected chi connectivity index (χ4v) is 4.31. The lowest BCUT2D eigenvalue weighted by atomic mass is 9.82. The standard InChI is InChI=1S/C12H20N2S/c1-9-6-10(7-9)13-11-14-12(8-15-11)4-2-3-5-12/h9-10H,2-8H2,1H3,(H,13,14). The predicted molar refractivity (Wildman–Crippen MR) is 66.4 cm³/mol. The Hall–Kier alpha value is -0.180. The van der Waals surface area contributed by atoms with E-state index in [1.165, 1.54) is 49.4 Å². The van der Waals surface area contributed by atoms with Crippen molar-refractivity contribution >= 4 is 16.9 Å². The molecule has 1 aliphatic heterocycles. The van der Waals surface area contributed by atoms with Gasteiger partial charge in [0.15, 0.2) is 5.17 Å². The van der Waals surface area contributed by atoms with E-state index in [1.54, 1.807) is 0 Å². The van der Waals surface area contributed by atoms with Gasteiger partial charge in [0.2, 0.25) is 0 Å². The highest BCUT2D eigenvalue weighted by atomic mass is 32.2. The molecule has 0 unspecified atom stereocenters. The van der Waals surface area contributed by atoms with Gasteiger partial charge in [-0.2, -0.15) is 0 Å². The summed E-state index contributed by atoms with van der Waals surface area (Å²) in [6.07, 6.45) is 8.14. The van der Waals surface area contributed by atoms with E-state index < -0.39 is 0 Å². The number of nitrogens with one attached hydrogen (secondary N) is 1. The van der Waals surface area contributed by atoms with Crippen LogP contribution in [-0.4, -0.2) is 22.5 Å². The molecule has 3 aliphatic rings. The summed E-state index contributed by atoms with van der Waals surface area (Å²) in [5, 5.41) is 4.94. The molecule has 1 N–H and O–H groups in total. The lowest BCUT2D eigenvalue weighted by Crippen LogP contribution is -2.41. The zero-order valence-corrected chi connectivity index (χ0v) is 10.3. The first-order chi connectivity index (χ1) is 7.26. The van der Waals surface area contributed by atoms with Crippen molar-refractivity contribution < 1.29 is 0 Å². The maximum absolute atomic E-state index is 4.82. The minimum atomic E-state index is 0.443. The third-order valence-corrected chi connectivity index (χ3v) is 5.24. The summed E-state index contributed by atoms with van der Waals surface area (Å²) in [5.41, 5.74) is 0.443. The lowest BCUT2D eigenvalue weighted by molar-refractivity contribution is 0.291. The summed E-state index contributed by atoms with van der Waals surface area (Å²) in [6, 6.07) is 0.631. The fourth-order valence-electron chi connectivity index (χ4n) is 3.03. The Morgan fingerprint density at radius 1 is 1.33 bits per heavy atom. The number of hydrogen-bond acceptors (Lipinski definition) is 2. The molecule has 2 saturated carbocycles. The lowest BCUT2D eigenvalue weighted by Gasteiger charge is -2.30. The van der Waals surface area contributed by atoms with Crippen molar-refractivity contribution in [1.29, 1.82) is 0 Å². The van der Waals surface area contributed by atoms with Crippen LogP contribution in [-0.2, 0) is 0 Å². The van der Waals surface area contributed by atoms with Gasteiger partial charge in [-0.05, 0) is 31.6 Å². The second-order valence-corrected chi connectivity index (χ2v) is 6.53. The second-order valence-electron chi connectivity index (χ2n) is 5.57. The quantitative estimate of drug-likeness (QED) is 0.740. The highest BCUT2D eigenvalue weighted by Gasteiger charge is 2.40. The summed E-state index contributed by atoms with van der Waals surface area (Å²) in [7, 11) is 0. The van der Waals surface area contributed by atoms with Crippen LogP contribution in [0.15, 0.2) is 4.99 Å². The molecule has 1 saturated heterocycles. The van der Waals surface area contributed by atoms with Crippen molar-refractivity contribution in [1.82, 2.24) is 5.32 Å². The molecule has 0 aromatic heterocycles. The predicted octanol–water partition coefficient (Wildman–Crippen LogP) is 2.79. The van der Waals surface area contributed by atoms with E-state index in [4.69, 9.17) is 4.99 Å². The molecular weight excluding hydrogens is 204 g/mol. The molecule has 1 spiro atoms. The van der Waals surface area contributed by atoms with Gasteiger partial charge in [0.25, 0.3) is 0 Å². The molecule has 84 valence electrons. The maximum atomic E-state index is 4.82. The van der Waals surface area contributed by atoms with E-state index in [9.17, 15) is 0 Å². The van der Waals surface area contributed by atoms with E-state index in [2.05, 4.69) is 12.2 Å². The molecule has 3 heteroatoms. The highest BCUT2D eigenvalue weighted by molar-refractivity contribution is 8.14. The van der Waals surface area contributed by atoms with Crippen LogP contribution >= 0.6 is 11.8 Å². The molecular formula is C12H20N2S. The Labute approximate surface area is 96.3 Å². The van der Waals surface area contributed by atoms with Gasteiger partial charge in [0, 0.05) is 11.3 Å². The number of rotatable bonds is 1. The largest absolute Gasteiger partial charge is 0.359 e. The number of hydrogen-bond donors (Lipinski definition) is 1. The zero-order chi connectivity index (χ0) is 10.3. The van der Waals surface area contributed by atoms with Crippen LogP contribution in [0.5, 0.6) is 0 Å². The molecule has 2 nitrogen and oxygen atoms in total. The van der Waals surface area contributed by atoms with Crippen LogP contribution in [0.1, 0.15) is 45.4 Å². The molecule has 15 heavy (non-hydrogen) atoms. The second kappa shape index (κ2) is 3.69. The molecule has 0 atom stereocenters. The van der Waals surface area contributed by atoms with Crippen molar-refractivity contribution in [3.05, 3.63) is 0 Å². The third kappa shape index (κ3) is 1.91. The van der Waals surface area contributed by atoms with Crippen LogP contribution in [0.4, 0.5) is 0 Å². The fraction of sp³-hybridized carbons (Fsp3) is 0.917. The molecule has 0 radical (unpaired) electrons. The number of nitrogens with zero attached hydrogens (tertiary/aromatic N) is 1. The highest BCUT2D eigenvalue weighted by Crippen LogP contribution is 2.38. The Bertz CT molecular complexity index is 275. The molecule has 3 rings (SSSR count). The van der Waals surface area contributed by atoms with Crippen LogP contribution in [0.2, 0.25) is 0 Å². The topological polar surface area (TPSA) is 24.4 Å². The van der Waals surface area contributed by atoms with Gasteiger partial charge < -0.3 is 5.32 Å². The molecule has 3 fully saturated rings. The summed E-state index contributed by atoms with van der Waals surface area (Å²) in [5.74, 6) is 2.17. The summed E-state index contributed by atoms with van der Waals surface area (Å²) >= 11 is 1.96. The van der Waals surface area contributed by atoms with Crippen LogP contribution in [0.3, 0.4) is 0 Å². The first kappa shape index (κ1) is 10.0. The van der Waals surface area contributed by atoms with Crippen LogP contribution in [0, 0.1) is 5.92 Å². The van der Waals surface area contributed by atoms with Gasteiger partial charge in [-0.1, -0.05) is 31.5 Å². The Kier molecular flexibility index (Phi) is 2.46. The molecule has 0 aromatic carbocycles. The zero-order valence-electron chi connectivity index (χ0n) is 9.46. The minimum Gasteiger partial charge on any atom is -0.359 e. The van der Waals surface area contributed by atoms with E-state index in [-0.39, 0.29) is 0 Å². The van der Waals surface area contributed by atoms with Gasteiger partial charge in [-0.25, -0.2) is 0 Å². The first-order valence-electron chi connectivity index (χ1n) is 6.25. The van der Waals surface area contributed by atoms with Crippen LogP contribution in [0.25, 0.3) is 0 Å². The number of aliphatic imine (C=N–C) groups is 1.